The number of aliphatic hydroxyl groups excluding tert-OH is 1. The van der Waals surface area contributed by atoms with Crippen LogP contribution in [0.4, 0.5) is 0 Å². The fraction of sp³-hybridized carbons (Fsp3) is 0.333. The van der Waals surface area contributed by atoms with Crippen LogP contribution in [-0.2, 0) is 9.59 Å². The van der Waals surface area contributed by atoms with Crippen molar-refractivity contribution < 1.29 is 14.7 Å². The highest BCUT2D eigenvalue weighted by atomic mass is 16.3. The summed E-state index contributed by atoms with van der Waals surface area (Å²) in [7, 11) is 0. The lowest BCUT2D eigenvalue weighted by Crippen LogP contribution is -2.22. The molecule has 4 nitrogen and oxygen atoms in total. The van der Waals surface area contributed by atoms with Crippen LogP contribution in [0.5, 0.6) is 0 Å². The monoisotopic (exact) mass is 179 g/mol. The Labute approximate surface area is 74.9 Å². The molecular weight excluding hydrogens is 170 g/mol. The SMILES string of the molecule is CC1=C2C(=CC(=O)C1=O)NCC2O. The third-order valence-corrected chi connectivity index (χ3v) is 2.35. The van der Waals surface area contributed by atoms with E-state index in [4.69, 9.17) is 0 Å². The molecular formula is C9H9NO3. The van der Waals surface area contributed by atoms with Crippen molar-refractivity contribution >= 4 is 11.6 Å². The molecule has 68 valence electrons. The third kappa shape index (κ3) is 1.02. The molecule has 13 heavy (non-hydrogen) atoms. The van der Waals surface area contributed by atoms with Gasteiger partial charge >= 0.3 is 0 Å². The van der Waals surface area contributed by atoms with Crippen molar-refractivity contribution in [2.24, 2.45) is 0 Å². The number of carbonyl (C=O) groups is 2. The molecule has 1 heterocycles. The highest BCUT2D eigenvalue weighted by Crippen LogP contribution is 2.26. The lowest BCUT2D eigenvalue weighted by Gasteiger charge is -2.12. The first-order valence-electron chi connectivity index (χ1n) is 4.04. The number of fused-ring (bicyclic) bond motifs is 1. The standard InChI is InChI=1S/C9H9NO3/c1-4-8-5(10-3-7(8)12)2-6(11)9(4)13/h2,7,10,12H,3H2,1H3. The molecule has 2 rings (SSSR count). The quantitative estimate of drug-likeness (QED) is 0.381. The van der Waals surface area contributed by atoms with E-state index in [0.29, 0.717) is 23.4 Å². The Kier molecular flexibility index (Phi) is 1.60. The minimum atomic E-state index is -0.664. The molecule has 1 saturated heterocycles. The highest BCUT2D eigenvalue weighted by molar-refractivity contribution is 6.48. The van der Waals surface area contributed by atoms with Crippen LogP contribution in [0.1, 0.15) is 6.92 Å². The maximum atomic E-state index is 11.2. The Bertz CT molecular complexity index is 365. The number of rotatable bonds is 0. The predicted octanol–water partition coefficient (Wildman–Crippen LogP) is -0.697. The van der Waals surface area contributed by atoms with Gasteiger partial charge < -0.3 is 10.4 Å². The summed E-state index contributed by atoms with van der Waals surface area (Å²) < 4.78 is 0. The number of nitrogens with one attached hydrogen (secondary N) is 1. The summed E-state index contributed by atoms with van der Waals surface area (Å²) >= 11 is 0. The van der Waals surface area contributed by atoms with Gasteiger partial charge in [0.2, 0.25) is 11.6 Å². The van der Waals surface area contributed by atoms with Gasteiger partial charge in [0, 0.05) is 29.5 Å². The molecule has 0 spiro atoms. The van der Waals surface area contributed by atoms with Crippen molar-refractivity contribution in [2.75, 3.05) is 6.54 Å². The first kappa shape index (κ1) is 8.19. The summed E-state index contributed by atoms with van der Waals surface area (Å²) in [5, 5.41) is 12.3. The maximum absolute atomic E-state index is 11.2. The molecule has 1 aliphatic heterocycles. The summed E-state index contributed by atoms with van der Waals surface area (Å²) in [6, 6.07) is 0. The van der Waals surface area contributed by atoms with Gasteiger partial charge in [0.1, 0.15) is 0 Å². The van der Waals surface area contributed by atoms with Crippen LogP contribution in [0.3, 0.4) is 0 Å². The fourth-order valence-corrected chi connectivity index (χ4v) is 1.67. The Morgan fingerprint density at radius 1 is 1.54 bits per heavy atom. The van der Waals surface area contributed by atoms with Crippen LogP contribution in [0.25, 0.3) is 0 Å². The second-order valence-electron chi connectivity index (χ2n) is 3.19. The van der Waals surface area contributed by atoms with Crippen molar-refractivity contribution in [3.8, 4) is 0 Å². The van der Waals surface area contributed by atoms with Gasteiger partial charge in [-0.1, -0.05) is 0 Å². The van der Waals surface area contributed by atoms with Crippen molar-refractivity contribution in [3.63, 3.8) is 0 Å². The molecule has 0 radical (unpaired) electrons. The van der Waals surface area contributed by atoms with Gasteiger partial charge in [-0.05, 0) is 6.92 Å². The second kappa shape index (κ2) is 2.53. The van der Waals surface area contributed by atoms with Crippen LogP contribution in [0.2, 0.25) is 0 Å². The fourth-order valence-electron chi connectivity index (χ4n) is 1.67. The molecule has 0 aromatic rings. The highest BCUT2D eigenvalue weighted by Gasteiger charge is 2.33. The molecule has 0 aromatic carbocycles. The van der Waals surface area contributed by atoms with E-state index in [0.717, 1.165) is 0 Å². The van der Waals surface area contributed by atoms with Crippen molar-refractivity contribution in [1.29, 1.82) is 0 Å². The summed E-state index contributed by atoms with van der Waals surface area (Å²) in [4.78, 5) is 22.3. The van der Waals surface area contributed by atoms with E-state index in [1.54, 1.807) is 6.92 Å². The van der Waals surface area contributed by atoms with Gasteiger partial charge in [-0.2, -0.15) is 0 Å². The lowest BCUT2D eigenvalue weighted by atomic mass is 9.93. The van der Waals surface area contributed by atoms with E-state index in [1.807, 2.05) is 0 Å². The number of ketones is 2. The van der Waals surface area contributed by atoms with E-state index >= 15 is 0 Å². The zero-order valence-corrected chi connectivity index (χ0v) is 7.13. The zero-order valence-electron chi connectivity index (χ0n) is 7.13. The predicted molar refractivity (Wildman–Crippen MR) is 44.8 cm³/mol. The Morgan fingerprint density at radius 3 is 2.92 bits per heavy atom. The van der Waals surface area contributed by atoms with Crippen molar-refractivity contribution in [2.45, 2.75) is 13.0 Å². The largest absolute Gasteiger partial charge is 0.386 e. The average Bonchev–Trinajstić information content (AvgIpc) is 2.43. The van der Waals surface area contributed by atoms with Gasteiger partial charge in [0.25, 0.3) is 0 Å². The molecule has 2 N–H and O–H groups in total. The number of hydrogen-bond donors (Lipinski definition) is 2. The Balaban J connectivity index is 2.56. The average molecular weight is 179 g/mol. The molecule has 1 fully saturated rings. The Morgan fingerprint density at radius 2 is 2.23 bits per heavy atom. The van der Waals surface area contributed by atoms with Crippen LogP contribution in [-0.4, -0.2) is 29.3 Å². The minimum Gasteiger partial charge on any atom is -0.386 e. The van der Waals surface area contributed by atoms with Crippen LogP contribution < -0.4 is 5.32 Å². The lowest BCUT2D eigenvalue weighted by molar-refractivity contribution is -0.131. The van der Waals surface area contributed by atoms with Crippen LogP contribution in [0, 0.1) is 0 Å². The molecule has 2 aliphatic rings. The second-order valence-corrected chi connectivity index (χ2v) is 3.19. The molecule has 1 aliphatic carbocycles. The maximum Gasteiger partial charge on any atom is 0.229 e. The van der Waals surface area contributed by atoms with Gasteiger partial charge in [-0.25, -0.2) is 0 Å². The van der Waals surface area contributed by atoms with E-state index in [9.17, 15) is 14.7 Å². The molecule has 0 saturated carbocycles. The number of hydrogen-bond acceptors (Lipinski definition) is 4. The van der Waals surface area contributed by atoms with Gasteiger partial charge in [-0.3, -0.25) is 9.59 Å². The molecule has 0 amide bonds. The Hall–Kier alpha value is -1.42. The van der Waals surface area contributed by atoms with E-state index < -0.39 is 17.7 Å². The first-order chi connectivity index (χ1) is 6.11. The topological polar surface area (TPSA) is 66.4 Å². The van der Waals surface area contributed by atoms with Gasteiger partial charge in [0.05, 0.1) is 6.10 Å². The van der Waals surface area contributed by atoms with Gasteiger partial charge in [0.15, 0.2) is 0 Å². The molecule has 0 aromatic heterocycles. The van der Waals surface area contributed by atoms with E-state index in [1.165, 1.54) is 6.08 Å². The van der Waals surface area contributed by atoms with Crippen molar-refractivity contribution in [1.82, 2.24) is 5.32 Å². The van der Waals surface area contributed by atoms with Crippen molar-refractivity contribution in [3.05, 3.63) is 22.9 Å². The zero-order chi connectivity index (χ0) is 9.59. The number of aliphatic hydroxyl groups is 1. The molecule has 1 unspecified atom stereocenters. The van der Waals surface area contributed by atoms with E-state index in [2.05, 4.69) is 5.32 Å². The van der Waals surface area contributed by atoms with Gasteiger partial charge in [-0.15, -0.1) is 0 Å². The molecule has 1 atom stereocenters. The summed E-state index contributed by atoms with van der Waals surface area (Å²) in [6.07, 6.45) is 0.587. The number of carbonyl (C=O) groups excluding carboxylic acids is 2. The minimum absolute atomic E-state index is 0.361. The van der Waals surface area contributed by atoms with Crippen LogP contribution >= 0.6 is 0 Å². The summed E-state index contributed by atoms with van der Waals surface area (Å²) in [5.74, 6) is -1.03. The normalized spacial score (nSPS) is 27.2. The molecule has 4 heteroatoms. The number of allylic oxidation sites excluding steroid dienone is 2. The van der Waals surface area contributed by atoms with Crippen LogP contribution in [0.15, 0.2) is 22.9 Å². The smallest absolute Gasteiger partial charge is 0.229 e. The van der Waals surface area contributed by atoms with E-state index in [-0.39, 0.29) is 0 Å². The summed E-state index contributed by atoms with van der Waals surface area (Å²) in [5.41, 5.74) is 1.53. The number of Topliss-reactive ketones (excluding diaryl/α,β-unsaturated/α-hetero) is 1. The summed E-state index contributed by atoms with van der Waals surface area (Å²) in [6.45, 7) is 1.94. The first-order valence-corrected chi connectivity index (χ1v) is 4.04. The number of β-amino-alcohol motifs (C(OH)–C–C–N with tert-alkyl or cyclic N) is 1. The molecule has 0 bridgehead atoms. The third-order valence-electron chi connectivity index (χ3n) is 2.35.